The monoisotopic (exact) mass is 392 g/mol. The lowest BCUT2D eigenvalue weighted by Crippen LogP contribution is -2.48. The molecule has 4 atom stereocenters. The maximum atomic E-state index is 12.1. The zero-order chi connectivity index (χ0) is 20.9. The molecule has 156 valence electrons. The Balaban J connectivity index is 2.30. The lowest BCUT2D eigenvalue weighted by molar-refractivity contribution is -0.161. The number of fused-ring (bicyclic) bond motifs is 1. The molecule has 0 unspecified atom stereocenters. The average Bonchev–Trinajstić information content (AvgIpc) is 2.86. The van der Waals surface area contributed by atoms with E-state index in [1.807, 2.05) is 19.9 Å². The average molecular weight is 392 g/mol. The zero-order valence-electron chi connectivity index (χ0n) is 17.1. The maximum absolute atomic E-state index is 12.1. The molecule has 0 aromatic carbocycles. The van der Waals surface area contributed by atoms with Crippen molar-refractivity contribution in [1.82, 2.24) is 0 Å². The summed E-state index contributed by atoms with van der Waals surface area (Å²) in [5.41, 5.74) is 1.03. The van der Waals surface area contributed by atoms with E-state index >= 15 is 0 Å². The van der Waals surface area contributed by atoms with Crippen LogP contribution >= 0.6 is 0 Å². The number of aliphatic hydroxyl groups excluding tert-OH is 1. The molecule has 1 heterocycles. The van der Waals surface area contributed by atoms with Gasteiger partial charge < -0.3 is 19.7 Å². The molecule has 6 nitrogen and oxygen atoms in total. The first kappa shape index (κ1) is 22.4. The molecule has 0 saturated carbocycles. The predicted octanol–water partition coefficient (Wildman–Crippen LogP) is 2.99. The lowest BCUT2D eigenvalue weighted by atomic mass is 9.81. The Morgan fingerprint density at radius 2 is 2.00 bits per heavy atom. The molecule has 2 N–H and O–H groups in total. The number of aliphatic hydroxyl groups is 2. The van der Waals surface area contributed by atoms with Gasteiger partial charge in [0, 0.05) is 24.8 Å². The van der Waals surface area contributed by atoms with Crippen LogP contribution < -0.4 is 0 Å². The third kappa shape index (κ3) is 5.79. The third-order valence-electron chi connectivity index (χ3n) is 5.66. The summed E-state index contributed by atoms with van der Waals surface area (Å²) in [6.45, 7) is 8.84. The number of rotatable bonds is 2. The Bertz CT molecular complexity index is 677. The number of allylic oxidation sites excluding steroid dienone is 3. The highest BCUT2D eigenvalue weighted by Crippen LogP contribution is 2.37. The fourth-order valence-electron chi connectivity index (χ4n) is 3.79. The largest absolute Gasteiger partial charge is 0.463 e. The Labute approximate surface area is 166 Å². The number of carbonyl (C=O) groups excluding carboxylic acids is 2. The van der Waals surface area contributed by atoms with Crippen LogP contribution in [0.5, 0.6) is 0 Å². The van der Waals surface area contributed by atoms with Gasteiger partial charge in [0.2, 0.25) is 0 Å². The van der Waals surface area contributed by atoms with Gasteiger partial charge in [0.25, 0.3) is 0 Å². The first-order chi connectivity index (χ1) is 13.1. The lowest BCUT2D eigenvalue weighted by Gasteiger charge is -2.34. The fraction of sp³-hybridized carbons (Fsp3) is 0.636. The van der Waals surface area contributed by atoms with Crippen molar-refractivity contribution in [3.05, 3.63) is 35.5 Å². The van der Waals surface area contributed by atoms with Gasteiger partial charge in [-0.1, -0.05) is 29.9 Å². The zero-order valence-corrected chi connectivity index (χ0v) is 17.1. The van der Waals surface area contributed by atoms with Crippen LogP contribution in [0.15, 0.2) is 35.5 Å². The van der Waals surface area contributed by atoms with Gasteiger partial charge in [0.1, 0.15) is 18.3 Å². The van der Waals surface area contributed by atoms with Gasteiger partial charge in [-0.2, -0.15) is 0 Å². The van der Waals surface area contributed by atoms with Crippen molar-refractivity contribution < 1.29 is 29.3 Å². The molecule has 1 aliphatic carbocycles. The van der Waals surface area contributed by atoms with Crippen LogP contribution in [0.4, 0.5) is 0 Å². The molecule has 0 spiro atoms. The second kappa shape index (κ2) is 9.52. The van der Waals surface area contributed by atoms with E-state index in [2.05, 4.69) is 12.7 Å². The fourth-order valence-corrected chi connectivity index (χ4v) is 3.79. The van der Waals surface area contributed by atoms with E-state index < -0.39 is 35.7 Å². The molecule has 0 amide bonds. The number of esters is 2. The predicted molar refractivity (Wildman–Crippen MR) is 105 cm³/mol. The van der Waals surface area contributed by atoms with Gasteiger partial charge in [-0.3, -0.25) is 4.79 Å². The SMILES string of the molecule is C=C1C(=O)O[C@H]2C/C(C)=C/CC/C(C)=C/CC[C@](O)(COC(C)=O)[C@@H](O)C[C@H]12. The molecule has 28 heavy (non-hydrogen) atoms. The van der Waals surface area contributed by atoms with E-state index in [9.17, 15) is 19.8 Å². The summed E-state index contributed by atoms with van der Waals surface area (Å²) in [6, 6.07) is 0. The maximum Gasteiger partial charge on any atom is 0.334 e. The first-order valence-corrected chi connectivity index (χ1v) is 9.87. The van der Waals surface area contributed by atoms with Crippen LogP contribution in [-0.2, 0) is 19.1 Å². The quantitative estimate of drug-likeness (QED) is 0.426. The third-order valence-corrected chi connectivity index (χ3v) is 5.66. The van der Waals surface area contributed by atoms with Crippen molar-refractivity contribution >= 4 is 11.9 Å². The second-order valence-electron chi connectivity index (χ2n) is 8.09. The molecule has 1 aliphatic heterocycles. The van der Waals surface area contributed by atoms with Crippen LogP contribution in [0.1, 0.15) is 59.3 Å². The van der Waals surface area contributed by atoms with Gasteiger partial charge >= 0.3 is 11.9 Å². The van der Waals surface area contributed by atoms with Crippen molar-refractivity contribution in [1.29, 1.82) is 0 Å². The standard InChI is InChI=1S/C22H32O6/c1-14-7-5-8-15(2)11-19-18(16(3)21(25)28-19)12-20(24)22(26,10-6-9-14)13-27-17(4)23/h8-9,18-20,24,26H,3,5-7,10-13H2,1-2,4H3/b14-9+,15-8+/t18-,19+,20+,22+/m1/s1. The van der Waals surface area contributed by atoms with E-state index in [-0.39, 0.29) is 19.4 Å². The van der Waals surface area contributed by atoms with Crippen LogP contribution in [0, 0.1) is 5.92 Å². The summed E-state index contributed by atoms with van der Waals surface area (Å²) in [6.07, 6.45) is 5.85. The first-order valence-electron chi connectivity index (χ1n) is 9.87. The minimum atomic E-state index is -1.60. The van der Waals surface area contributed by atoms with Gasteiger partial charge in [0.05, 0.1) is 6.10 Å². The van der Waals surface area contributed by atoms with Crippen LogP contribution in [0.3, 0.4) is 0 Å². The number of hydrogen-bond donors (Lipinski definition) is 2. The van der Waals surface area contributed by atoms with Crippen molar-refractivity contribution in [2.24, 2.45) is 5.92 Å². The van der Waals surface area contributed by atoms with E-state index in [0.717, 1.165) is 18.4 Å². The van der Waals surface area contributed by atoms with Crippen molar-refractivity contribution in [3.8, 4) is 0 Å². The summed E-state index contributed by atoms with van der Waals surface area (Å²) >= 11 is 0. The number of ether oxygens (including phenoxy) is 2. The molecule has 0 bridgehead atoms. The molecule has 6 heteroatoms. The van der Waals surface area contributed by atoms with Crippen LogP contribution in [0.2, 0.25) is 0 Å². The molecule has 2 rings (SSSR count). The molecule has 1 saturated heterocycles. The Hall–Kier alpha value is -1.92. The summed E-state index contributed by atoms with van der Waals surface area (Å²) < 4.78 is 10.5. The molecular weight excluding hydrogens is 360 g/mol. The highest BCUT2D eigenvalue weighted by Gasteiger charge is 2.44. The van der Waals surface area contributed by atoms with Gasteiger partial charge in [0.15, 0.2) is 0 Å². The Morgan fingerprint density at radius 3 is 2.68 bits per heavy atom. The summed E-state index contributed by atoms with van der Waals surface area (Å²) in [7, 11) is 0. The van der Waals surface area contributed by atoms with Gasteiger partial charge in [-0.25, -0.2) is 4.79 Å². The van der Waals surface area contributed by atoms with Crippen molar-refractivity contribution in [3.63, 3.8) is 0 Å². The van der Waals surface area contributed by atoms with Crippen molar-refractivity contribution in [2.75, 3.05) is 6.61 Å². The minimum absolute atomic E-state index is 0.114. The van der Waals surface area contributed by atoms with Crippen molar-refractivity contribution in [2.45, 2.75) is 77.1 Å². The minimum Gasteiger partial charge on any atom is -0.463 e. The van der Waals surface area contributed by atoms with Crippen LogP contribution in [-0.4, -0.2) is 46.6 Å². The number of hydrogen-bond acceptors (Lipinski definition) is 6. The van der Waals surface area contributed by atoms with E-state index in [4.69, 9.17) is 9.47 Å². The normalized spacial score (nSPS) is 36.2. The van der Waals surface area contributed by atoms with E-state index in [1.165, 1.54) is 12.5 Å². The molecular formula is C22H32O6. The molecule has 1 fully saturated rings. The summed E-state index contributed by atoms with van der Waals surface area (Å²) in [4.78, 5) is 23.3. The number of carbonyl (C=O) groups is 2. The second-order valence-corrected chi connectivity index (χ2v) is 8.09. The summed E-state index contributed by atoms with van der Waals surface area (Å²) in [5, 5.41) is 21.9. The van der Waals surface area contributed by atoms with E-state index in [0.29, 0.717) is 18.4 Å². The Kier molecular flexibility index (Phi) is 7.61. The highest BCUT2D eigenvalue weighted by atomic mass is 16.6. The molecule has 0 aromatic heterocycles. The van der Waals surface area contributed by atoms with Crippen LogP contribution in [0.25, 0.3) is 0 Å². The highest BCUT2D eigenvalue weighted by molar-refractivity contribution is 5.90. The summed E-state index contributed by atoms with van der Waals surface area (Å²) in [5.74, 6) is -1.37. The molecule has 0 aromatic rings. The molecule has 0 radical (unpaired) electrons. The van der Waals surface area contributed by atoms with Gasteiger partial charge in [-0.15, -0.1) is 0 Å². The Morgan fingerprint density at radius 1 is 1.32 bits per heavy atom. The molecule has 2 aliphatic rings. The van der Waals surface area contributed by atoms with Gasteiger partial charge in [-0.05, 0) is 46.0 Å². The smallest absolute Gasteiger partial charge is 0.334 e. The topological polar surface area (TPSA) is 93.1 Å². The van der Waals surface area contributed by atoms with E-state index in [1.54, 1.807) is 0 Å².